The molecule has 0 aromatic carbocycles. The van der Waals surface area contributed by atoms with Crippen molar-refractivity contribution in [2.75, 3.05) is 20.1 Å². The van der Waals surface area contributed by atoms with E-state index < -0.39 is 0 Å². The van der Waals surface area contributed by atoms with Gasteiger partial charge in [-0.05, 0) is 20.3 Å². The Kier molecular flexibility index (Phi) is 6.49. The summed E-state index contributed by atoms with van der Waals surface area (Å²) < 4.78 is 0. The SMILES string of the molecule is CCCN(CC(=O)NC)C(=O)NC(C)C. The van der Waals surface area contributed by atoms with Gasteiger partial charge in [-0.25, -0.2) is 4.79 Å². The van der Waals surface area contributed by atoms with Crippen LogP contribution in [0.5, 0.6) is 0 Å². The van der Waals surface area contributed by atoms with E-state index in [9.17, 15) is 9.59 Å². The Bertz CT molecular complexity index is 217. The summed E-state index contributed by atoms with van der Waals surface area (Å²) in [5.41, 5.74) is 0. The van der Waals surface area contributed by atoms with Gasteiger partial charge in [-0.3, -0.25) is 4.79 Å². The highest BCUT2D eigenvalue weighted by molar-refractivity contribution is 5.83. The zero-order valence-corrected chi connectivity index (χ0v) is 9.96. The molecule has 0 saturated heterocycles. The smallest absolute Gasteiger partial charge is 0.318 e. The van der Waals surface area contributed by atoms with E-state index in [2.05, 4.69) is 10.6 Å². The van der Waals surface area contributed by atoms with Crippen molar-refractivity contribution in [2.24, 2.45) is 0 Å². The predicted octanol–water partition coefficient (Wildman–Crippen LogP) is 0.562. The maximum atomic E-state index is 11.6. The number of hydrogen-bond donors (Lipinski definition) is 2. The standard InChI is InChI=1S/C10H21N3O2/c1-5-6-13(7-9(14)11-4)10(15)12-8(2)3/h8H,5-7H2,1-4H3,(H,11,14)(H,12,15). The Morgan fingerprint density at radius 3 is 2.33 bits per heavy atom. The third-order valence-corrected chi connectivity index (χ3v) is 1.81. The minimum absolute atomic E-state index is 0.0848. The zero-order chi connectivity index (χ0) is 11.8. The van der Waals surface area contributed by atoms with Gasteiger partial charge < -0.3 is 15.5 Å². The van der Waals surface area contributed by atoms with Crippen LogP contribution >= 0.6 is 0 Å². The van der Waals surface area contributed by atoms with E-state index in [-0.39, 0.29) is 24.5 Å². The zero-order valence-electron chi connectivity index (χ0n) is 9.96. The van der Waals surface area contributed by atoms with Crippen LogP contribution in [0.1, 0.15) is 27.2 Å². The molecular formula is C10H21N3O2. The molecule has 2 N–H and O–H groups in total. The van der Waals surface area contributed by atoms with Crippen LogP contribution < -0.4 is 10.6 Å². The normalized spacial score (nSPS) is 9.93. The van der Waals surface area contributed by atoms with E-state index in [0.29, 0.717) is 6.54 Å². The summed E-state index contributed by atoms with van der Waals surface area (Å²) in [7, 11) is 1.56. The molecule has 0 aliphatic carbocycles. The van der Waals surface area contributed by atoms with Crippen LogP contribution in [-0.4, -0.2) is 43.0 Å². The number of rotatable bonds is 5. The van der Waals surface area contributed by atoms with E-state index in [0.717, 1.165) is 6.42 Å². The molecule has 88 valence electrons. The predicted molar refractivity (Wildman–Crippen MR) is 59.6 cm³/mol. The van der Waals surface area contributed by atoms with Gasteiger partial charge in [-0.1, -0.05) is 6.92 Å². The molecule has 3 amide bonds. The molecule has 5 nitrogen and oxygen atoms in total. The number of hydrogen-bond acceptors (Lipinski definition) is 2. The molecule has 0 bridgehead atoms. The highest BCUT2D eigenvalue weighted by Crippen LogP contribution is 1.93. The first-order valence-corrected chi connectivity index (χ1v) is 5.27. The van der Waals surface area contributed by atoms with Crippen molar-refractivity contribution in [2.45, 2.75) is 33.2 Å². The van der Waals surface area contributed by atoms with E-state index in [1.807, 2.05) is 20.8 Å². The van der Waals surface area contributed by atoms with Gasteiger partial charge in [0.2, 0.25) is 5.91 Å². The first-order chi connectivity index (χ1) is 7.01. The molecule has 0 rings (SSSR count). The van der Waals surface area contributed by atoms with Crippen molar-refractivity contribution in [1.82, 2.24) is 15.5 Å². The second kappa shape index (κ2) is 7.09. The number of carbonyl (C=O) groups excluding carboxylic acids is 2. The lowest BCUT2D eigenvalue weighted by Crippen LogP contribution is -2.47. The highest BCUT2D eigenvalue weighted by atomic mass is 16.2. The van der Waals surface area contributed by atoms with E-state index in [1.54, 1.807) is 7.05 Å². The molecule has 0 atom stereocenters. The van der Waals surface area contributed by atoms with Gasteiger partial charge in [0.05, 0.1) is 0 Å². The first-order valence-electron chi connectivity index (χ1n) is 5.27. The fraction of sp³-hybridized carbons (Fsp3) is 0.800. The number of nitrogens with one attached hydrogen (secondary N) is 2. The van der Waals surface area contributed by atoms with E-state index >= 15 is 0 Å². The van der Waals surface area contributed by atoms with Crippen molar-refractivity contribution >= 4 is 11.9 Å². The lowest BCUT2D eigenvalue weighted by Gasteiger charge is -2.22. The maximum absolute atomic E-state index is 11.6. The van der Waals surface area contributed by atoms with Crippen LogP contribution in [-0.2, 0) is 4.79 Å². The summed E-state index contributed by atoms with van der Waals surface area (Å²) in [5.74, 6) is -0.151. The summed E-state index contributed by atoms with van der Waals surface area (Å²) in [5, 5.41) is 5.27. The van der Waals surface area contributed by atoms with Gasteiger partial charge >= 0.3 is 6.03 Å². The number of likely N-dealkylation sites (N-methyl/N-ethyl adjacent to an activating group) is 1. The van der Waals surface area contributed by atoms with Gasteiger partial charge in [-0.2, -0.15) is 0 Å². The average Bonchev–Trinajstić information content (AvgIpc) is 2.15. The second-order valence-corrected chi connectivity index (χ2v) is 3.70. The molecule has 0 aliphatic heterocycles. The molecule has 0 aliphatic rings. The molecule has 0 fully saturated rings. The molecule has 0 radical (unpaired) electrons. The molecule has 0 aromatic heterocycles. The number of urea groups is 1. The van der Waals surface area contributed by atoms with Crippen LogP contribution in [0.25, 0.3) is 0 Å². The quantitative estimate of drug-likeness (QED) is 0.704. The van der Waals surface area contributed by atoms with E-state index in [1.165, 1.54) is 4.90 Å². The summed E-state index contributed by atoms with van der Waals surface area (Å²) in [6.45, 7) is 6.46. The second-order valence-electron chi connectivity index (χ2n) is 3.70. The number of carbonyl (C=O) groups is 2. The first kappa shape index (κ1) is 13.7. The van der Waals surface area contributed by atoms with E-state index in [4.69, 9.17) is 0 Å². The van der Waals surface area contributed by atoms with Gasteiger partial charge in [0.15, 0.2) is 0 Å². The Hall–Kier alpha value is -1.26. The Morgan fingerprint density at radius 1 is 1.33 bits per heavy atom. The van der Waals surface area contributed by atoms with Gasteiger partial charge in [0.25, 0.3) is 0 Å². The minimum atomic E-state index is -0.185. The molecule has 5 heteroatoms. The van der Waals surface area contributed by atoms with Gasteiger partial charge in [0, 0.05) is 19.6 Å². The van der Waals surface area contributed by atoms with Gasteiger partial charge in [0.1, 0.15) is 6.54 Å². The average molecular weight is 215 g/mol. The topological polar surface area (TPSA) is 61.4 Å². The van der Waals surface area contributed by atoms with Crippen molar-refractivity contribution in [1.29, 1.82) is 0 Å². The Labute approximate surface area is 91.2 Å². The van der Waals surface area contributed by atoms with Crippen LogP contribution in [0.3, 0.4) is 0 Å². The maximum Gasteiger partial charge on any atom is 0.318 e. The van der Waals surface area contributed by atoms with Crippen molar-refractivity contribution < 1.29 is 9.59 Å². The molecule has 0 saturated carbocycles. The Balaban J connectivity index is 4.24. The van der Waals surface area contributed by atoms with Crippen molar-refractivity contribution in [3.63, 3.8) is 0 Å². The summed E-state index contributed by atoms with van der Waals surface area (Å²) in [6, 6.07) is -0.100. The van der Waals surface area contributed by atoms with Crippen LogP contribution in [0.2, 0.25) is 0 Å². The third kappa shape index (κ3) is 5.93. The summed E-state index contributed by atoms with van der Waals surface area (Å²) >= 11 is 0. The lowest BCUT2D eigenvalue weighted by atomic mass is 10.3. The fourth-order valence-corrected chi connectivity index (χ4v) is 1.11. The number of nitrogens with zero attached hydrogens (tertiary/aromatic N) is 1. The summed E-state index contributed by atoms with van der Waals surface area (Å²) in [6.07, 6.45) is 0.836. The third-order valence-electron chi connectivity index (χ3n) is 1.81. The Morgan fingerprint density at radius 2 is 1.93 bits per heavy atom. The monoisotopic (exact) mass is 215 g/mol. The van der Waals surface area contributed by atoms with Crippen molar-refractivity contribution in [3.8, 4) is 0 Å². The molecular weight excluding hydrogens is 194 g/mol. The lowest BCUT2D eigenvalue weighted by molar-refractivity contribution is -0.121. The summed E-state index contributed by atoms with van der Waals surface area (Å²) in [4.78, 5) is 24.3. The molecule has 0 heterocycles. The minimum Gasteiger partial charge on any atom is -0.358 e. The number of amides is 3. The van der Waals surface area contributed by atoms with Crippen LogP contribution in [0.15, 0.2) is 0 Å². The van der Waals surface area contributed by atoms with Crippen LogP contribution in [0, 0.1) is 0 Å². The largest absolute Gasteiger partial charge is 0.358 e. The van der Waals surface area contributed by atoms with Crippen LogP contribution in [0.4, 0.5) is 4.79 Å². The van der Waals surface area contributed by atoms with Gasteiger partial charge in [-0.15, -0.1) is 0 Å². The van der Waals surface area contributed by atoms with Crippen molar-refractivity contribution in [3.05, 3.63) is 0 Å². The molecule has 0 aromatic rings. The fourth-order valence-electron chi connectivity index (χ4n) is 1.11. The highest BCUT2D eigenvalue weighted by Gasteiger charge is 2.15. The molecule has 0 unspecified atom stereocenters. The molecule has 15 heavy (non-hydrogen) atoms. The molecule has 0 spiro atoms.